The van der Waals surface area contributed by atoms with Gasteiger partial charge in [0.15, 0.2) is 5.92 Å². The number of hydrogen-bond acceptors (Lipinski definition) is 7. The predicted molar refractivity (Wildman–Crippen MR) is 75.2 cm³/mol. The Morgan fingerprint density at radius 3 is 2.35 bits per heavy atom. The van der Waals surface area contributed by atoms with Crippen molar-refractivity contribution in [1.29, 1.82) is 0 Å². The third-order valence-corrected chi connectivity index (χ3v) is 3.11. The molecule has 1 atom stereocenters. The molecule has 0 aromatic rings. The van der Waals surface area contributed by atoms with Gasteiger partial charge in [-0.25, -0.2) is 9.59 Å². The van der Waals surface area contributed by atoms with Crippen LogP contribution in [0.2, 0.25) is 0 Å². The van der Waals surface area contributed by atoms with Crippen LogP contribution in [0.3, 0.4) is 0 Å². The van der Waals surface area contributed by atoms with Crippen LogP contribution in [-0.2, 0) is 28.6 Å². The number of alkyl carbamates (subject to hydrolysis) is 1. The summed E-state index contributed by atoms with van der Waals surface area (Å²) in [6, 6.07) is -1.17. The standard InChI is InChI=1S/C14H21NO8/c1-4-21-13(20)15-9(10(16)17)7-5-6-8-11(18)22-14(2,3)23-12(8)19/h8-9H,4-7H2,1-3H3,(H,15,20)(H,16,17). The molecule has 2 N–H and O–H groups in total. The Morgan fingerprint density at radius 1 is 1.30 bits per heavy atom. The van der Waals surface area contributed by atoms with Gasteiger partial charge in [0.1, 0.15) is 6.04 Å². The minimum Gasteiger partial charge on any atom is -0.480 e. The van der Waals surface area contributed by atoms with E-state index in [0.717, 1.165) is 0 Å². The lowest BCUT2D eigenvalue weighted by Gasteiger charge is -2.32. The Balaban J connectivity index is 2.50. The highest BCUT2D eigenvalue weighted by molar-refractivity contribution is 5.96. The number of amides is 1. The van der Waals surface area contributed by atoms with Gasteiger partial charge >= 0.3 is 24.0 Å². The van der Waals surface area contributed by atoms with Gasteiger partial charge in [-0.2, -0.15) is 0 Å². The minimum absolute atomic E-state index is 0.0363. The summed E-state index contributed by atoms with van der Waals surface area (Å²) in [4.78, 5) is 45.9. The van der Waals surface area contributed by atoms with E-state index in [-0.39, 0.29) is 25.9 Å². The molecule has 0 aliphatic carbocycles. The van der Waals surface area contributed by atoms with Crippen LogP contribution in [-0.4, -0.2) is 47.5 Å². The van der Waals surface area contributed by atoms with Crippen molar-refractivity contribution >= 4 is 24.0 Å². The Hall–Kier alpha value is -2.32. The Morgan fingerprint density at radius 2 is 1.87 bits per heavy atom. The number of nitrogens with one attached hydrogen (secondary N) is 1. The average Bonchev–Trinajstić information content (AvgIpc) is 2.39. The molecule has 0 aromatic heterocycles. The number of rotatable bonds is 7. The molecule has 1 rings (SSSR count). The molecular formula is C14H21NO8. The molecule has 0 saturated carbocycles. The first kappa shape index (κ1) is 18.7. The number of esters is 2. The summed E-state index contributed by atoms with van der Waals surface area (Å²) >= 11 is 0. The Bertz CT molecular complexity index is 467. The number of carbonyl (C=O) groups excluding carboxylic acids is 3. The maximum atomic E-state index is 11.8. The number of carboxylic acid groups (broad SMARTS) is 1. The van der Waals surface area contributed by atoms with E-state index in [1.807, 2.05) is 0 Å². The van der Waals surface area contributed by atoms with Crippen molar-refractivity contribution in [3.8, 4) is 0 Å². The second-order valence-electron chi connectivity index (χ2n) is 5.48. The van der Waals surface area contributed by atoms with Gasteiger partial charge in [0, 0.05) is 13.8 Å². The van der Waals surface area contributed by atoms with Crippen LogP contribution in [0.4, 0.5) is 4.79 Å². The van der Waals surface area contributed by atoms with Gasteiger partial charge in [0.2, 0.25) is 0 Å². The summed E-state index contributed by atoms with van der Waals surface area (Å²) in [7, 11) is 0. The molecule has 1 amide bonds. The van der Waals surface area contributed by atoms with E-state index in [2.05, 4.69) is 10.1 Å². The highest BCUT2D eigenvalue weighted by Gasteiger charge is 2.42. The first-order valence-corrected chi connectivity index (χ1v) is 7.28. The maximum absolute atomic E-state index is 11.8. The summed E-state index contributed by atoms with van der Waals surface area (Å²) in [5.74, 6) is -5.00. The fraction of sp³-hybridized carbons (Fsp3) is 0.714. The number of carboxylic acids is 1. The quantitative estimate of drug-likeness (QED) is 0.518. The first-order valence-electron chi connectivity index (χ1n) is 7.28. The van der Waals surface area contributed by atoms with Crippen molar-refractivity contribution in [3.05, 3.63) is 0 Å². The summed E-state index contributed by atoms with van der Waals surface area (Å²) < 4.78 is 14.6. The monoisotopic (exact) mass is 331 g/mol. The zero-order valence-corrected chi connectivity index (χ0v) is 13.3. The lowest BCUT2D eigenvalue weighted by Crippen LogP contribution is -2.46. The van der Waals surface area contributed by atoms with E-state index in [0.29, 0.717) is 0 Å². The number of cyclic esters (lactones) is 2. The van der Waals surface area contributed by atoms with E-state index in [1.54, 1.807) is 6.92 Å². The summed E-state index contributed by atoms with van der Waals surface area (Å²) in [5.41, 5.74) is 0. The van der Waals surface area contributed by atoms with Crippen molar-refractivity contribution in [2.24, 2.45) is 5.92 Å². The maximum Gasteiger partial charge on any atom is 0.407 e. The van der Waals surface area contributed by atoms with Gasteiger partial charge in [0.25, 0.3) is 5.79 Å². The van der Waals surface area contributed by atoms with E-state index < -0.39 is 41.7 Å². The molecule has 1 fully saturated rings. The van der Waals surface area contributed by atoms with Crippen LogP contribution in [0.5, 0.6) is 0 Å². The summed E-state index contributed by atoms with van der Waals surface area (Å²) in [6.07, 6.45) is -0.520. The lowest BCUT2D eigenvalue weighted by atomic mass is 9.99. The average molecular weight is 331 g/mol. The van der Waals surface area contributed by atoms with Crippen molar-refractivity contribution in [2.45, 2.75) is 51.9 Å². The normalized spacial score (nSPS) is 18.6. The molecule has 0 bridgehead atoms. The highest BCUT2D eigenvalue weighted by atomic mass is 16.7. The molecule has 1 aliphatic heterocycles. The predicted octanol–water partition coefficient (Wildman–Crippen LogP) is 0.808. The zero-order valence-electron chi connectivity index (χ0n) is 13.3. The minimum atomic E-state index is -1.29. The van der Waals surface area contributed by atoms with Gasteiger partial charge in [-0.05, 0) is 26.2 Å². The van der Waals surface area contributed by atoms with Crippen LogP contribution < -0.4 is 5.32 Å². The fourth-order valence-corrected chi connectivity index (χ4v) is 2.08. The molecular weight excluding hydrogens is 310 g/mol. The lowest BCUT2D eigenvalue weighted by molar-refractivity contribution is -0.240. The van der Waals surface area contributed by atoms with Crippen LogP contribution >= 0.6 is 0 Å². The Labute approximate surface area is 133 Å². The number of aliphatic carboxylic acids is 1. The second kappa shape index (κ2) is 7.80. The molecule has 130 valence electrons. The largest absolute Gasteiger partial charge is 0.480 e. The van der Waals surface area contributed by atoms with Crippen molar-refractivity contribution in [1.82, 2.24) is 5.32 Å². The molecule has 1 aliphatic rings. The molecule has 0 spiro atoms. The molecule has 1 heterocycles. The number of hydrogen-bond donors (Lipinski definition) is 2. The molecule has 9 nitrogen and oxygen atoms in total. The van der Waals surface area contributed by atoms with E-state index >= 15 is 0 Å². The number of ether oxygens (including phenoxy) is 3. The topological polar surface area (TPSA) is 128 Å². The molecule has 9 heteroatoms. The smallest absolute Gasteiger partial charge is 0.407 e. The molecule has 0 aromatic carbocycles. The molecule has 23 heavy (non-hydrogen) atoms. The molecule has 0 radical (unpaired) electrons. The summed E-state index contributed by atoms with van der Waals surface area (Å²) in [6.45, 7) is 4.61. The Kier molecular flexibility index (Phi) is 6.35. The second-order valence-corrected chi connectivity index (χ2v) is 5.48. The van der Waals surface area contributed by atoms with E-state index in [1.165, 1.54) is 13.8 Å². The third-order valence-electron chi connectivity index (χ3n) is 3.11. The van der Waals surface area contributed by atoms with Gasteiger partial charge in [-0.15, -0.1) is 0 Å². The fourth-order valence-electron chi connectivity index (χ4n) is 2.08. The van der Waals surface area contributed by atoms with Crippen LogP contribution in [0.25, 0.3) is 0 Å². The molecule has 1 unspecified atom stereocenters. The van der Waals surface area contributed by atoms with E-state index in [4.69, 9.17) is 14.6 Å². The van der Waals surface area contributed by atoms with Crippen molar-refractivity contribution in [2.75, 3.05) is 6.61 Å². The van der Waals surface area contributed by atoms with Gasteiger partial charge in [-0.3, -0.25) is 9.59 Å². The van der Waals surface area contributed by atoms with Gasteiger partial charge in [0.05, 0.1) is 6.61 Å². The van der Waals surface area contributed by atoms with Crippen molar-refractivity contribution in [3.63, 3.8) is 0 Å². The van der Waals surface area contributed by atoms with Gasteiger partial charge in [-0.1, -0.05) is 0 Å². The number of carbonyl (C=O) groups is 4. The van der Waals surface area contributed by atoms with E-state index in [9.17, 15) is 19.2 Å². The summed E-state index contributed by atoms with van der Waals surface area (Å²) in [5, 5.41) is 11.2. The SMILES string of the molecule is CCOC(=O)NC(CCCC1C(=O)OC(C)(C)OC1=O)C(=O)O. The third kappa shape index (κ3) is 5.76. The van der Waals surface area contributed by atoms with Crippen LogP contribution in [0.15, 0.2) is 0 Å². The van der Waals surface area contributed by atoms with Crippen LogP contribution in [0, 0.1) is 5.92 Å². The van der Waals surface area contributed by atoms with Crippen molar-refractivity contribution < 1.29 is 38.5 Å². The van der Waals surface area contributed by atoms with Gasteiger partial charge < -0.3 is 24.6 Å². The first-order chi connectivity index (χ1) is 10.7. The highest BCUT2D eigenvalue weighted by Crippen LogP contribution is 2.26. The zero-order chi connectivity index (χ0) is 17.6. The molecule has 1 saturated heterocycles. The van der Waals surface area contributed by atoms with Crippen LogP contribution in [0.1, 0.15) is 40.0 Å².